The van der Waals surface area contributed by atoms with Crippen LogP contribution in [-0.2, 0) is 17.9 Å². The molecule has 0 saturated carbocycles. The Hall–Kier alpha value is -2.43. The molecule has 0 aliphatic rings. The van der Waals surface area contributed by atoms with Gasteiger partial charge in [0.05, 0.1) is 34.2 Å². The van der Waals surface area contributed by atoms with E-state index in [4.69, 9.17) is 22.6 Å². The average molecular weight is 291 g/mol. The van der Waals surface area contributed by atoms with Gasteiger partial charge in [0.15, 0.2) is 0 Å². The highest BCUT2D eigenvalue weighted by atomic mass is 35.5. The fraction of sp³-hybridized carbons (Fsp3) is 0.167. The number of nitrogens with two attached hydrogens (primary N) is 1. The first-order chi connectivity index (χ1) is 9.62. The lowest BCUT2D eigenvalue weighted by atomic mass is 10.2. The van der Waals surface area contributed by atoms with Crippen LogP contribution in [0.3, 0.4) is 0 Å². The molecule has 8 heteroatoms. The van der Waals surface area contributed by atoms with Crippen LogP contribution in [0.5, 0.6) is 0 Å². The quantitative estimate of drug-likeness (QED) is 0.869. The Morgan fingerprint density at radius 1 is 1.55 bits per heavy atom. The molecule has 0 saturated heterocycles. The summed E-state index contributed by atoms with van der Waals surface area (Å²) in [7, 11) is 0. The number of anilines is 1. The van der Waals surface area contributed by atoms with E-state index in [0.29, 0.717) is 22.0 Å². The number of carbonyl (C=O) groups is 1. The van der Waals surface area contributed by atoms with Gasteiger partial charge in [-0.05, 0) is 18.2 Å². The van der Waals surface area contributed by atoms with E-state index in [1.54, 1.807) is 18.3 Å². The molecule has 0 fully saturated rings. The Morgan fingerprint density at radius 2 is 2.35 bits per heavy atom. The maximum Gasteiger partial charge on any atom is 0.246 e. The van der Waals surface area contributed by atoms with Crippen molar-refractivity contribution in [3.8, 4) is 6.07 Å². The summed E-state index contributed by atoms with van der Waals surface area (Å²) in [5, 5.41) is 19.2. The van der Waals surface area contributed by atoms with Crippen molar-refractivity contribution in [2.45, 2.75) is 13.1 Å². The summed E-state index contributed by atoms with van der Waals surface area (Å²) in [6.07, 6.45) is 1.60. The van der Waals surface area contributed by atoms with E-state index < -0.39 is 0 Å². The van der Waals surface area contributed by atoms with E-state index >= 15 is 0 Å². The zero-order valence-electron chi connectivity index (χ0n) is 10.4. The van der Waals surface area contributed by atoms with E-state index in [9.17, 15) is 4.79 Å². The van der Waals surface area contributed by atoms with Gasteiger partial charge in [-0.1, -0.05) is 16.8 Å². The molecule has 0 aliphatic carbocycles. The Morgan fingerprint density at radius 3 is 2.95 bits per heavy atom. The zero-order chi connectivity index (χ0) is 14.5. The first-order valence-electron chi connectivity index (χ1n) is 5.71. The molecule has 1 aromatic heterocycles. The monoisotopic (exact) mass is 290 g/mol. The van der Waals surface area contributed by atoms with Gasteiger partial charge in [-0.3, -0.25) is 4.79 Å². The van der Waals surface area contributed by atoms with Gasteiger partial charge in [0.1, 0.15) is 6.54 Å². The van der Waals surface area contributed by atoms with Gasteiger partial charge in [0.25, 0.3) is 0 Å². The molecule has 1 amide bonds. The number of aromatic nitrogens is 3. The van der Waals surface area contributed by atoms with Crippen LogP contribution < -0.4 is 11.1 Å². The molecule has 3 N–H and O–H groups in total. The fourth-order valence-electron chi connectivity index (χ4n) is 1.53. The molecule has 0 aliphatic heterocycles. The van der Waals surface area contributed by atoms with Crippen LogP contribution in [0.1, 0.15) is 11.3 Å². The number of nitriles is 1. The highest BCUT2D eigenvalue weighted by molar-refractivity contribution is 6.33. The van der Waals surface area contributed by atoms with Crippen molar-refractivity contribution in [3.63, 3.8) is 0 Å². The number of nitrogens with one attached hydrogen (secondary N) is 1. The molecule has 0 radical (unpaired) electrons. The Balaban J connectivity index is 2.03. The number of nitrogens with zero attached hydrogens (tertiary/aromatic N) is 4. The lowest BCUT2D eigenvalue weighted by Gasteiger charge is -2.07. The largest absolute Gasteiger partial charge is 0.325 e. The third-order valence-electron chi connectivity index (χ3n) is 2.47. The van der Waals surface area contributed by atoms with Gasteiger partial charge in [-0.2, -0.15) is 5.26 Å². The fourth-order valence-corrected chi connectivity index (χ4v) is 1.76. The van der Waals surface area contributed by atoms with Gasteiger partial charge in [0, 0.05) is 6.54 Å². The van der Waals surface area contributed by atoms with Crippen LogP contribution in [0, 0.1) is 11.3 Å². The second-order valence-corrected chi connectivity index (χ2v) is 4.37. The maximum atomic E-state index is 11.8. The zero-order valence-corrected chi connectivity index (χ0v) is 11.1. The summed E-state index contributed by atoms with van der Waals surface area (Å²) in [6.45, 7) is 0.270. The molecule has 0 spiro atoms. The SMILES string of the molecule is N#Cc1ccc(NC(=O)Cn2cc(CN)nn2)c(Cl)c1. The minimum atomic E-state index is -0.301. The van der Waals surface area contributed by atoms with Gasteiger partial charge in [-0.15, -0.1) is 5.10 Å². The van der Waals surface area contributed by atoms with Crippen molar-refractivity contribution < 1.29 is 4.79 Å². The Bertz CT molecular complexity index is 675. The van der Waals surface area contributed by atoms with Crippen LogP contribution in [0.4, 0.5) is 5.69 Å². The summed E-state index contributed by atoms with van der Waals surface area (Å²) in [5.41, 5.74) is 6.88. The van der Waals surface area contributed by atoms with E-state index in [-0.39, 0.29) is 19.0 Å². The van der Waals surface area contributed by atoms with Gasteiger partial charge in [0.2, 0.25) is 5.91 Å². The lowest BCUT2D eigenvalue weighted by Crippen LogP contribution is -2.19. The van der Waals surface area contributed by atoms with Crippen LogP contribution in [-0.4, -0.2) is 20.9 Å². The number of hydrogen-bond donors (Lipinski definition) is 2. The Labute approximate surface area is 119 Å². The van der Waals surface area contributed by atoms with E-state index in [1.165, 1.54) is 10.7 Å². The second kappa shape index (κ2) is 6.14. The topological polar surface area (TPSA) is 110 Å². The standard InChI is InChI=1S/C12H11ClN6O/c13-10-3-8(4-14)1-2-11(10)16-12(20)7-19-6-9(5-15)17-18-19/h1-3,6H,5,7,15H2,(H,16,20). The van der Waals surface area contributed by atoms with Crippen LogP contribution in [0.2, 0.25) is 5.02 Å². The van der Waals surface area contributed by atoms with Gasteiger partial charge < -0.3 is 11.1 Å². The highest BCUT2D eigenvalue weighted by Gasteiger charge is 2.08. The third-order valence-corrected chi connectivity index (χ3v) is 2.79. The molecule has 0 bridgehead atoms. The van der Waals surface area contributed by atoms with Crippen molar-refractivity contribution in [1.29, 1.82) is 5.26 Å². The summed E-state index contributed by atoms with van der Waals surface area (Å²) in [6, 6.07) is 6.60. The molecular formula is C12H11ClN6O. The van der Waals surface area contributed by atoms with Crippen LogP contribution >= 0.6 is 11.6 Å². The molecule has 20 heavy (non-hydrogen) atoms. The predicted molar refractivity (Wildman–Crippen MR) is 72.7 cm³/mol. The third kappa shape index (κ3) is 3.32. The minimum absolute atomic E-state index is 0.00330. The van der Waals surface area contributed by atoms with Crippen molar-refractivity contribution in [2.75, 3.05) is 5.32 Å². The molecule has 0 atom stereocenters. The van der Waals surface area contributed by atoms with Crippen molar-refractivity contribution >= 4 is 23.2 Å². The van der Waals surface area contributed by atoms with E-state index in [2.05, 4.69) is 15.6 Å². The molecule has 2 rings (SSSR count). The molecule has 102 valence electrons. The number of halogens is 1. The van der Waals surface area contributed by atoms with Gasteiger partial charge >= 0.3 is 0 Å². The summed E-state index contributed by atoms with van der Waals surface area (Å²) in [5.74, 6) is -0.301. The summed E-state index contributed by atoms with van der Waals surface area (Å²) >= 11 is 5.96. The van der Waals surface area contributed by atoms with Gasteiger partial charge in [-0.25, -0.2) is 4.68 Å². The second-order valence-electron chi connectivity index (χ2n) is 3.97. The van der Waals surface area contributed by atoms with Crippen LogP contribution in [0.25, 0.3) is 0 Å². The van der Waals surface area contributed by atoms with Crippen molar-refractivity contribution in [3.05, 3.63) is 40.7 Å². The summed E-state index contributed by atoms with van der Waals surface area (Å²) in [4.78, 5) is 11.8. The van der Waals surface area contributed by atoms with Crippen LogP contribution in [0.15, 0.2) is 24.4 Å². The molecule has 1 heterocycles. The van der Waals surface area contributed by atoms with E-state index in [0.717, 1.165) is 0 Å². The normalized spacial score (nSPS) is 10.1. The summed E-state index contributed by atoms with van der Waals surface area (Å²) < 4.78 is 1.38. The first kappa shape index (κ1) is 14.0. The van der Waals surface area contributed by atoms with Crippen molar-refractivity contribution in [1.82, 2.24) is 15.0 Å². The highest BCUT2D eigenvalue weighted by Crippen LogP contribution is 2.22. The Kier molecular flexibility index (Phi) is 4.30. The molecule has 7 nitrogen and oxygen atoms in total. The number of hydrogen-bond acceptors (Lipinski definition) is 5. The lowest BCUT2D eigenvalue weighted by molar-refractivity contribution is -0.116. The average Bonchev–Trinajstić information content (AvgIpc) is 2.88. The molecule has 1 aromatic carbocycles. The number of rotatable bonds is 4. The first-order valence-corrected chi connectivity index (χ1v) is 6.08. The van der Waals surface area contributed by atoms with E-state index in [1.807, 2.05) is 6.07 Å². The predicted octanol–water partition coefficient (Wildman–Crippen LogP) is 0.901. The number of carbonyl (C=O) groups excluding carboxylic acids is 1. The number of benzene rings is 1. The molecule has 0 unspecified atom stereocenters. The molecule has 2 aromatic rings. The minimum Gasteiger partial charge on any atom is -0.325 e. The maximum absolute atomic E-state index is 11.8. The molecular weight excluding hydrogens is 280 g/mol. The van der Waals surface area contributed by atoms with Crippen molar-refractivity contribution in [2.24, 2.45) is 5.73 Å². The number of amides is 1. The smallest absolute Gasteiger partial charge is 0.246 e.